The van der Waals surface area contributed by atoms with Gasteiger partial charge in [0.1, 0.15) is 23.0 Å². The maximum Gasteiger partial charge on any atom is 0.246 e. The van der Waals surface area contributed by atoms with Crippen LogP contribution in [-0.4, -0.2) is 39.3 Å². The van der Waals surface area contributed by atoms with Crippen molar-refractivity contribution in [2.45, 2.75) is 18.4 Å². The molecular weight excluding hydrogens is 428 g/mol. The molecule has 0 aliphatic heterocycles. The van der Waals surface area contributed by atoms with Crippen LogP contribution in [0.1, 0.15) is 11.1 Å². The first-order chi connectivity index (χ1) is 15.3. The number of aryl methyl sites for hydroxylation is 1. The SMILES string of the molecule is COc1ccc(C)cc1S(=O)(=O)N(C)CC(=O)Nc1ccc(OCc2ccccc2)cc1. The molecule has 0 bridgehead atoms. The van der Waals surface area contributed by atoms with Crippen molar-refractivity contribution in [3.05, 3.63) is 83.9 Å². The Morgan fingerprint density at radius 1 is 1.00 bits per heavy atom. The highest BCUT2D eigenvalue weighted by Crippen LogP contribution is 2.27. The van der Waals surface area contributed by atoms with Crippen molar-refractivity contribution in [1.82, 2.24) is 4.31 Å². The number of nitrogens with one attached hydrogen (secondary N) is 1. The van der Waals surface area contributed by atoms with Crippen molar-refractivity contribution in [3.63, 3.8) is 0 Å². The molecule has 32 heavy (non-hydrogen) atoms. The monoisotopic (exact) mass is 454 g/mol. The van der Waals surface area contributed by atoms with Crippen LogP contribution in [0.3, 0.4) is 0 Å². The zero-order valence-corrected chi connectivity index (χ0v) is 19.1. The largest absolute Gasteiger partial charge is 0.495 e. The van der Waals surface area contributed by atoms with Gasteiger partial charge in [0.25, 0.3) is 0 Å². The topological polar surface area (TPSA) is 84.9 Å². The number of likely N-dealkylation sites (N-methyl/N-ethyl adjacent to an activating group) is 1. The number of carbonyl (C=O) groups is 1. The first-order valence-corrected chi connectivity index (χ1v) is 11.4. The van der Waals surface area contributed by atoms with Crippen molar-refractivity contribution < 1.29 is 22.7 Å². The van der Waals surface area contributed by atoms with Crippen LogP contribution in [0.15, 0.2) is 77.7 Å². The number of carbonyl (C=O) groups excluding carboxylic acids is 1. The van der Waals surface area contributed by atoms with Gasteiger partial charge in [0.2, 0.25) is 15.9 Å². The Morgan fingerprint density at radius 2 is 1.69 bits per heavy atom. The van der Waals surface area contributed by atoms with Gasteiger partial charge in [-0.15, -0.1) is 0 Å². The molecule has 0 heterocycles. The third-order valence-electron chi connectivity index (χ3n) is 4.76. The summed E-state index contributed by atoms with van der Waals surface area (Å²) in [6, 6.07) is 21.6. The molecule has 0 atom stereocenters. The summed E-state index contributed by atoms with van der Waals surface area (Å²) in [5.74, 6) is 0.438. The standard InChI is InChI=1S/C24H26N2O5S/c1-18-9-14-22(30-3)23(15-18)32(28,29)26(2)16-24(27)25-20-10-12-21(13-11-20)31-17-19-7-5-4-6-8-19/h4-15H,16-17H2,1-3H3,(H,25,27). The third-order valence-corrected chi connectivity index (χ3v) is 6.58. The highest BCUT2D eigenvalue weighted by molar-refractivity contribution is 7.89. The number of benzene rings is 3. The third kappa shape index (κ3) is 5.87. The Labute approximate surface area is 188 Å². The fraction of sp³-hybridized carbons (Fsp3) is 0.208. The number of hydrogen-bond donors (Lipinski definition) is 1. The average Bonchev–Trinajstić information content (AvgIpc) is 2.79. The molecule has 1 N–H and O–H groups in total. The Kier molecular flexibility index (Phi) is 7.50. The molecule has 0 spiro atoms. The summed E-state index contributed by atoms with van der Waals surface area (Å²) in [6.45, 7) is 1.89. The fourth-order valence-electron chi connectivity index (χ4n) is 3.02. The van der Waals surface area contributed by atoms with Crippen molar-refractivity contribution in [2.24, 2.45) is 0 Å². The van der Waals surface area contributed by atoms with Gasteiger partial charge in [-0.1, -0.05) is 36.4 Å². The highest BCUT2D eigenvalue weighted by atomic mass is 32.2. The van der Waals surface area contributed by atoms with Gasteiger partial charge in [-0.2, -0.15) is 4.31 Å². The van der Waals surface area contributed by atoms with Crippen molar-refractivity contribution in [3.8, 4) is 11.5 Å². The Hall–Kier alpha value is -3.36. The van der Waals surface area contributed by atoms with Gasteiger partial charge in [-0.3, -0.25) is 4.79 Å². The predicted molar refractivity (Wildman–Crippen MR) is 123 cm³/mol. The first-order valence-electron chi connectivity index (χ1n) is 9.97. The minimum absolute atomic E-state index is 0.0233. The number of methoxy groups -OCH3 is 1. The smallest absolute Gasteiger partial charge is 0.246 e. The number of nitrogens with zero attached hydrogens (tertiary/aromatic N) is 1. The minimum atomic E-state index is -3.90. The number of sulfonamides is 1. The lowest BCUT2D eigenvalue weighted by molar-refractivity contribution is -0.116. The van der Waals surface area contributed by atoms with E-state index in [1.165, 1.54) is 20.2 Å². The predicted octanol–water partition coefficient (Wildman–Crippen LogP) is 3.84. The van der Waals surface area contributed by atoms with Crippen LogP contribution in [0, 0.1) is 6.92 Å². The second-order valence-corrected chi connectivity index (χ2v) is 9.28. The molecule has 3 aromatic carbocycles. The van der Waals surface area contributed by atoms with E-state index in [-0.39, 0.29) is 17.2 Å². The number of amides is 1. The van der Waals surface area contributed by atoms with Crippen LogP contribution in [0.4, 0.5) is 5.69 Å². The van der Waals surface area contributed by atoms with E-state index in [0.29, 0.717) is 18.0 Å². The van der Waals surface area contributed by atoms with Gasteiger partial charge in [0, 0.05) is 12.7 Å². The van der Waals surface area contributed by atoms with E-state index in [2.05, 4.69) is 5.32 Å². The minimum Gasteiger partial charge on any atom is -0.495 e. The molecule has 0 saturated heterocycles. The van der Waals surface area contributed by atoms with Crippen LogP contribution < -0.4 is 14.8 Å². The summed E-state index contributed by atoms with van der Waals surface area (Å²) in [4.78, 5) is 12.5. The maximum atomic E-state index is 12.9. The first kappa shape index (κ1) is 23.3. The molecule has 7 nitrogen and oxygen atoms in total. The molecule has 0 aliphatic rings. The van der Waals surface area contributed by atoms with Crippen LogP contribution in [0.5, 0.6) is 11.5 Å². The Bertz CT molecular complexity index is 1160. The zero-order valence-electron chi connectivity index (χ0n) is 18.2. The van der Waals surface area contributed by atoms with E-state index in [1.807, 2.05) is 30.3 Å². The van der Waals surface area contributed by atoms with Crippen molar-refractivity contribution in [1.29, 1.82) is 0 Å². The molecule has 1 amide bonds. The maximum absolute atomic E-state index is 12.9. The second-order valence-electron chi connectivity index (χ2n) is 7.26. The highest BCUT2D eigenvalue weighted by Gasteiger charge is 2.26. The summed E-state index contributed by atoms with van der Waals surface area (Å²) < 4.78 is 37.8. The van der Waals surface area contributed by atoms with Gasteiger partial charge in [-0.05, 0) is 54.4 Å². The summed E-state index contributed by atoms with van der Waals surface area (Å²) in [5, 5.41) is 2.71. The summed E-state index contributed by atoms with van der Waals surface area (Å²) in [6.07, 6.45) is 0. The van der Waals surface area contributed by atoms with Gasteiger partial charge < -0.3 is 14.8 Å². The van der Waals surface area contributed by atoms with Gasteiger partial charge in [-0.25, -0.2) is 8.42 Å². The average molecular weight is 455 g/mol. The van der Waals surface area contributed by atoms with E-state index in [9.17, 15) is 13.2 Å². The molecule has 0 aliphatic carbocycles. The van der Waals surface area contributed by atoms with Gasteiger partial charge in [0.15, 0.2) is 0 Å². The molecule has 0 radical (unpaired) electrons. The van der Waals surface area contributed by atoms with Crippen LogP contribution in [0.25, 0.3) is 0 Å². The fourth-order valence-corrected chi connectivity index (χ4v) is 4.38. The molecule has 3 aromatic rings. The van der Waals surface area contributed by atoms with E-state index >= 15 is 0 Å². The molecule has 168 valence electrons. The van der Waals surface area contributed by atoms with E-state index in [4.69, 9.17) is 9.47 Å². The quantitative estimate of drug-likeness (QED) is 0.531. The van der Waals surface area contributed by atoms with Crippen LogP contribution in [0.2, 0.25) is 0 Å². The van der Waals surface area contributed by atoms with Gasteiger partial charge in [0.05, 0.1) is 13.7 Å². The van der Waals surface area contributed by atoms with E-state index in [1.54, 1.807) is 43.3 Å². The van der Waals surface area contributed by atoms with E-state index in [0.717, 1.165) is 15.4 Å². The van der Waals surface area contributed by atoms with E-state index < -0.39 is 15.9 Å². The van der Waals surface area contributed by atoms with Gasteiger partial charge >= 0.3 is 0 Å². The summed E-state index contributed by atoms with van der Waals surface area (Å²) >= 11 is 0. The van der Waals surface area contributed by atoms with Crippen LogP contribution >= 0.6 is 0 Å². The molecule has 3 rings (SSSR count). The summed E-state index contributed by atoms with van der Waals surface area (Å²) in [5.41, 5.74) is 2.37. The summed E-state index contributed by atoms with van der Waals surface area (Å²) in [7, 11) is -1.14. The number of anilines is 1. The number of rotatable bonds is 9. The Morgan fingerprint density at radius 3 is 2.34 bits per heavy atom. The van der Waals surface area contributed by atoms with Crippen LogP contribution in [-0.2, 0) is 21.4 Å². The number of hydrogen-bond acceptors (Lipinski definition) is 5. The molecule has 0 saturated carbocycles. The second kappa shape index (κ2) is 10.3. The van der Waals surface area contributed by atoms with Crippen molar-refractivity contribution >= 4 is 21.6 Å². The van der Waals surface area contributed by atoms with Crippen molar-refractivity contribution in [2.75, 3.05) is 26.0 Å². The lowest BCUT2D eigenvalue weighted by atomic mass is 10.2. The normalized spacial score (nSPS) is 11.2. The molecule has 0 aromatic heterocycles. The lowest BCUT2D eigenvalue weighted by Crippen LogP contribution is -2.35. The molecular formula is C24H26N2O5S. The molecule has 0 unspecified atom stereocenters. The lowest BCUT2D eigenvalue weighted by Gasteiger charge is -2.19. The molecule has 8 heteroatoms. The Balaban J connectivity index is 1.59. The number of ether oxygens (including phenoxy) is 2. The molecule has 0 fully saturated rings. The zero-order chi connectivity index (χ0) is 23.1.